The zero-order valence-corrected chi connectivity index (χ0v) is 39.8. The topological polar surface area (TPSA) is 195 Å². The van der Waals surface area contributed by atoms with Gasteiger partial charge in [-0.15, -0.1) is 0 Å². The molecule has 15 heteroatoms. The van der Waals surface area contributed by atoms with Crippen LogP contribution in [0.25, 0.3) is 10.9 Å². The van der Waals surface area contributed by atoms with Crippen molar-refractivity contribution < 1.29 is 38.8 Å². The van der Waals surface area contributed by atoms with Gasteiger partial charge in [0.05, 0.1) is 29.8 Å². The summed E-state index contributed by atoms with van der Waals surface area (Å²) in [4.78, 5) is 58.9. The van der Waals surface area contributed by atoms with Gasteiger partial charge in [0.25, 0.3) is 0 Å². The van der Waals surface area contributed by atoms with E-state index >= 15 is 0 Å². The minimum absolute atomic E-state index is 0.0279. The van der Waals surface area contributed by atoms with Crippen LogP contribution in [0.15, 0.2) is 132 Å². The number of phenols is 1. The summed E-state index contributed by atoms with van der Waals surface area (Å²) in [7, 11) is 0. The number of urea groups is 1. The van der Waals surface area contributed by atoms with Gasteiger partial charge in [0, 0.05) is 42.8 Å². The first-order chi connectivity index (χ1) is 34.6. The molecule has 1 saturated carbocycles. The first kappa shape index (κ1) is 48.8. The largest absolute Gasteiger partial charge is 0.506 e. The number of piperidine rings is 3. The SMILES string of the molecule is O=C(NC(c1ccccc1)c1cccc(OCc2ccc(C(=O)OCCN(C(=O)Nc3ccc(CNC[C@H](O)c4ccc(O)c5[nH]c(=O)ccc45)cc3)C3CCCCC3)cc2)c1)O[C@H]1CN2CCC1CC2. The number of hydrogen-bond donors (Lipinski definition) is 6. The number of anilines is 1. The van der Waals surface area contributed by atoms with Crippen molar-refractivity contribution in [1.29, 1.82) is 0 Å². The smallest absolute Gasteiger partial charge is 0.408 e. The maximum absolute atomic E-state index is 13.8. The van der Waals surface area contributed by atoms with Crippen LogP contribution in [0.2, 0.25) is 0 Å². The summed E-state index contributed by atoms with van der Waals surface area (Å²) in [5.41, 5.74) is 5.12. The molecule has 370 valence electrons. The predicted octanol–water partition coefficient (Wildman–Crippen LogP) is 8.57. The molecule has 10 rings (SSSR count). The molecule has 3 atom stereocenters. The van der Waals surface area contributed by atoms with Crippen molar-refractivity contribution in [1.82, 2.24) is 25.4 Å². The molecular weight excluding hydrogens is 901 g/mol. The number of hydrogen-bond acceptors (Lipinski definition) is 11. The fourth-order valence-electron chi connectivity index (χ4n) is 10.1. The second-order valence-corrected chi connectivity index (χ2v) is 18.8. The van der Waals surface area contributed by atoms with Crippen LogP contribution in [-0.4, -0.2) is 94.6 Å². The number of rotatable bonds is 18. The van der Waals surface area contributed by atoms with Crippen LogP contribution >= 0.6 is 0 Å². The van der Waals surface area contributed by atoms with Crippen molar-refractivity contribution in [2.45, 2.75) is 82.4 Å². The van der Waals surface area contributed by atoms with Gasteiger partial charge in [-0.25, -0.2) is 14.4 Å². The minimum Gasteiger partial charge on any atom is -0.506 e. The molecule has 1 aliphatic carbocycles. The Morgan fingerprint density at radius 1 is 0.803 bits per heavy atom. The molecule has 4 fully saturated rings. The molecule has 6 N–H and O–H groups in total. The van der Waals surface area contributed by atoms with Crippen molar-refractivity contribution in [3.8, 4) is 11.5 Å². The minimum atomic E-state index is -0.890. The number of phenolic OH excluding ortho intramolecular Hbond substituents is 1. The number of alkyl carbamates (subject to hydrolysis) is 1. The number of H-pyrrole nitrogens is 1. The number of nitrogens with zero attached hydrogens (tertiary/aromatic N) is 2. The van der Waals surface area contributed by atoms with E-state index in [0.29, 0.717) is 40.4 Å². The second-order valence-electron chi connectivity index (χ2n) is 18.8. The van der Waals surface area contributed by atoms with Crippen LogP contribution in [0.4, 0.5) is 15.3 Å². The van der Waals surface area contributed by atoms with Gasteiger partial charge in [0.15, 0.2) is 0 Å². The normalized spacial score (nSPS) is 18.5. The highest BCUT2D eigenvalue weighted by Crippen LogP contribution is 2.32. The lowest BCUT2D eigenvalue weighted by atomic mass is 9.86. The molecule has 6 aromatic rings. The van der Waals surface area contributed by atoms with Crippen LogP contribution < -0.4 is 26.2 Å². The summed E-state index contributed by atoms with van der Waals surface area (Å²) >= 11 is 0. The van der Waals surface area contributed by atoms with Crippen LogP contribution in [0.3, 0.4) is 0 Å². The van der Waals surface area contributed by atoms with Gasteiger partial charge in [-0.2, -0.15) is 0 Å². The summed E-state index contributed by atoms with van der Waals surface area (Å²) in [6, 6.07) is 37.4. The van der Waals surface area contributed by atoms with Crippen LogP contribution in [0.1, 0.15) is 95.3 Å². The molecule has 15 nitrogen and oxygen atoms in total. The molecule has 71 heavy (non-hydrogen) atoms. The molecule has 3 amide bonds. The molecule has 0 spiro atoms. The lowest BCUT2D eigenvalue weighted by Gasteiger charge is -2.43. The number of amides is 3. The molecule has 4 aliphatic rings. The number of aliphatic hydroxyl groups is 1. The van der Waals surface area contributed by atoms with Crippen LogP contribution in [-0.2, 0) is 22.6 Å². The molecule has 1 aromatic heterocycles. The number of aromatic hydroxyl groups is 1. The van der Waals surface area contributed by atoms with Crippen LogP contribution in [0, 0.1) is 5.92 Å². The Morgan fingerprint density at radius 3 is 2.30 bits per heavy atom. The Labute approximate surface area is 413 Å². The van der Waals surface area contributed by atoms with E-state index in [1.165, 1.54) is 12.1 Å². The summed E-state index contributed by atoms with van der Waals surface area (Å²) in [6.45, 7) is 4.14. The Kier molecular flexibility index (Phi) is 15.9. The molecule has 4 heterocycles. The third kappa shape index (κ3) is 12.6. The zero-order valence-electron chi connectivity index (χ0n) is 39.8. The summed E-state index contributed by atoms with van der Waals surface area (Å²) in [6.07, 6.45) is 5.61. The highest BCUT2D eigenvalue weighted by atomic mass is 16.6. The zero-order chi connectivity index (χ0) is 49.1. The van der Waals surface area contributed by atoms with Crippen molar-refractivity contribution in [3.05, 3.63) is 171 Å². The Hall–Kier alpha value is -7.20. The van der Waals surface area contributed by atoms with E-state index in [2.05, 4.69) is 25.8 Å². The number of ether oxygens (including phenoxy) is 3. The summed E-state index contributed by atoms with van der Waals surface area (Å²) in [5, 5.41) is 31.1. The first-order valence-corrected chi connectivity index (χ1v) is 24.8. The van der Waals surface area contributed by atoms with Crippen molar-refractivity contribution >= 4 is 34.7 Å². The maximum atomic E-state index is 13.8. The number of aromatic amines is 1. The van der Waals surface area contributed by atoms with Crippen molar-refractivity contribution in [2.24, 2.45) is 5.92 Å². The number of nitrogens with one attached hydrogen (secondary N) is 4. The van der Waals surface area contributed by atoms with E-state index in [-0.39, 0.29) is 61.3 Å². The van der Waals surface area contributed by atoms with Gasteiger partial charge in [-0.1, -0.05) is 92.1 Å². The molecule has 3 saturated heterocycles. The van der Waals surface area contributed by atoms with E-state index < -0.39 is 24.2 Å². The predicted molar refractivity (Wildman–Crippen MR) is 270 cm³/mol. The highest BCUT2D eigenvalue weighted by molar-refractivity contribution is 5.90. The number of aromatic nitrogens is 1. The van der Waals surface area contributed by atoms with E-state index in [4.69, 9.17) is 14.2 Å². The molecule has 1 unspecified atom stereocenters. The fraction of sp³-hybridized carbons (Fsp3) is 0.357. The van der Waals surface area contributed by atoms with E-state index in [1.807, 2.05) is 91.0 Å². The lowest BCUT2D eigenvalue weighted by molar-refractivity contribution is -0.0336. The lowest BCUT2D eigenvalue weighted by Crippen LogP contribution is -2.52. The van der Waals surface area contributed by atoms with Crippen LogP contribution in [0.5, 0.6) is 11.5 Å². The Balaban J connectivity index is 0.743. The summed E-state index contributed by atoms with van der Waals surface area (Å²) < 4.78 is 17.9. The van der Waals surface area contributed by atoms with E-state index in [0.717, 1.165) is 86.8 Å². The standard InChI is InChI=1S/C56H62N6O9/c63-48-24-22-46(47-23-25-51(65)59-53(47)48)49(64)34-57-33-37-16-20-43(21-17-37)58-55(67)62(44-11-5-2-6-12-44)30-31-69-54(66)41-18-14-38(15-19-41)36-70-45-13-7-10-42(32-45)52(40-8-3-1-4-9-40)60-56(68)71-50-35-61-28-26-39(50)27-29-61/h1,3-4,7-10,13-25,32,39,44,49-50,52,57,63-64H,2,5-6,11-12,26-31,33-36H2,(H,58,67)(H,59,65)(H,60,68)/t49-,50-,52?/m0/s1. The molecule has 0 radical (unpaired) electrons. The van der Waals surface area contributed by atoms with Gasteiger partial charge in [0.1, 0.15) is 30.8 Å². The van der Waals surface area contributed by atoms with Gasteiger partial charge < -0.3 is 50.3 Å². The quantitative estimate of drug-likeness (QED) is 0.0452. The number of aliphatic hydroxyl groups excluding tert-OH is 1. The van der Waals surface area contributed by atoms with Crippen molar-refractivity contribution in [2.75, 3.05) is 44.6 Å². The van der Waals surface area contributed by atoms with Gasteiger partial charge in [-0.3, -0.25) is 9.69 Å². The number of carbonyl (C=O) groups is 3. The second kappa shape index (κ2) is 23.1. The van der Waals surface area contributed by atoms with E-state index in [9.17, 15) is 29.4 Å². The average Bonchev–Trinajstić information content (AvgIpc) is 3.40. The van der Waals surface area contributed by atoms with Crippen molar-refractivity contribution in [3.63, 3.8) is 0 Å². The first-order valence-electron chi connectivity index (χ1n) is 24.8. The third-order valence-corrected chi connectivity index (χ3v) is 14.0. The third-order valence-electron chi connectivity index (χ3n) is 14.0. The molecule has 2 bridgehead atoms. The number of fused-ring (bicyclic) bond motifs is 4. The van der Waals surface area contributed by atoms with Gasteiger partial charge in [-0.05, 0) is 121 Å². The average molecular weight is 963 g/mol. The molecular formula is C56H62N6O9. The number of pyridine rings is 1. The Morgan fingerprint density at radius 2 is 1.55 bits per heavy atom. The monoisotopic (exact) mass is 962 g/mol. The number of esters is 1. The van der Waals surface area contributed by atoms with Gasteiger partial charge >= 0.3 is 18.1 Å². The number of carbonyl (C=O) groups excluding carboxylic acids is 3. The molecule has 5 aromatic carbocycles. The summed E-state index contributed by atoms with van der Waals surface area (Å²) in [5.74, 6) is 0.491. The highest BCUT2D eigenvalue weighted by Gasteiger charge is 2.37. The Bertz CT molecular complexity index is 2810. The maximum Gasteiger partial charge on any atom is 0.408 e. The fourth-order valence-corrected chi connectivity index (χ4v) is 10.1. The molecule has 3 aliphatic heterocycles. The number of benzene rings is 5. The van der Waals surface area contributed by atoms with E-state index in [1.54, 1.807) is 29.2 Å². The van der Waals surface area contributed by atoms with Gasteiger partial charge in [0.2, 0.25) is 5.56 Å².